The lowest BCUT2D eigenvalue weighted by Crippen LogP contribution is -2.36. The van der Waals surface area contributed by atoms with E-state index in [-0.39, 0.29) is 0 Å². The average molecular weight is 329 g/mol. The number of nitrogens with two attached hydrogens (primary N) is 1. The van der Waals surface area contributed by atoms with Gasteiger partial charge in [0.05, 0.1) is 17.5 Å². The highest BCUT2D eigenvalue weighted by molar-refractivity contribution is 7.10. The van der Waals surface area contributed by atoms with Gasteiger partial charge in [-0.05, 0) is 44.0 Å². The van der Waals surface area contributed by atoms with Crippen LogP contribution in [-0.4, -0.2) is 29.2 Å². The monoisotopic (exact) mass is 329 g/mol. The number of likely N-dealkylation sites (N-methyl/N-ethyl adjacent to an activating group) is 1. The fourth-order valence-corrected chi connectivity index (χ4v) is 3.88. The Morgan fingerprint density at radius 3 is 2.87 bits per heavy atom. The maximum Gasteiger partial charge on any atom is 0.0746 e. The standard InChI is InChI=1S/C18H23N3OS/c1-18(2,22)11-21(3)10-12-4-5-13-15(8-12)20-9-16-14(17(13)19)6-7-23-16/h4-8,22H,9-11,19H2,1-3H3. The molecular weight excluding hydrogens is 306 g/mol. The number of hydrogen-bond acceptors (Lipinski definition) is 5. The molecule has 3 N–H and O–H groups in total. The first-order chi connectivity index (χ1) is 10.8. The van der Waals surface area contributed by atoms with Crippen LogP contribution < -0.4 is 16.3 Å². The first-order valence-electron chi connectivity index (χ1n) is 7.74. The zero-order valence-corrected chi connectivity index (χ0v) is 14.7. The molecule has 2 aromatic rings. The molecule has 0 fully saturated rings. The Morgan fingerprint density at radius 2 is 2.13 bits per heavy atom. The minimum atomic E-state index is -0.697. The molecule has 0 saturated heterocycles. The van der Waals surface area contributed by atoms with Gasteiger partial charge in [0.25, 0.3) is 0 Å². The van der Waals surface area contributed by atoms with E-state index in [0.29, 0.717) is 13.1 Å². The summed E-state index contributed by atoms with van der Waals surface area (Å²) in [6, 6.07) is 8.35. The Balaban J connectivity index is 1.93. The molecule has 2 heterocycles. The molecule has 5 heteroatoms. The van der Waals surface area contributed by atoms with Crippen molar-refractivity contribution in [2.75, 3.05) is 13.6 Å². The Morgan fingerprint density at radius 1 is 1.35 bits per heavy atom. The molecule has 0 unspecified atom stereocenters. The van der Waals surface area contributed by atoms with Gasteiger partial charge < -0.3 is 10.8 Å². The number of rotatable bonds is 4. The Hall–Kier alpha value is -1.69. The van der Waals surface area contributed by atoms with Crippen molar-refractivity contribution in [1.29, 1.82) is 0 Å². The quantitative estimate of drug-likeness (QED) is 0.886. The van der Waals surface area contributed by atoms with Gasteiger partial charge in [0.15, 0.2) is 0 Å². The SMILES string of the molecule is CN(Cc1ccc2c(c1)=NCc1sccc1C=2N)CC(C)(C)O. The van der Waals surface area contributed by atoms with Crippen molar-refractivity contribution in [3.63, 3.8) is 0 Å². The molecular formula is C18H23N3OS. The van der Waals surface area contributed by atoms with E-state index in [1.807, 2.05) is 20.9 Å². The molecule has 3 rings (SSSR count). The van der Waals surface area contributed by atoms with E-state index in [1.54, 1.807) is 11.3 Å². The molecule has 4 nitrogen and oxygen atoms in total. The van der Waals surface area contributed by atoms with Gasteiger partial charge in [-0.2, -0.15) is 0 Å². The molecule has 0 bridgehead atoms. The van der Waals surface area contributed by atoms with Gasteiger partial charge in [-0.25, -0.2) is 0 Å². The van der Waals surface area contributed by atoms with E-state index in [1.165, 1.54) is 10.4 Å². The summed E-state index contributed by atoms with van der Waals surface area (Å²) < 4.78 is 0. The molecule has 1 aliphatic rings. The van der Waals surface area contributed by atoms with Crippen molar-refractivity contribution in [2.24, 2.45) is 10.7 Å². The van der Waals surface area contributed by atoms with Crippen LogP contribution in [0.15, 0.2) is 34.6 Å². The van der Waals surface area contributed by atoms with E-state index in [4.69, 9.17) is 10.7 Å². The third-order valence-corrected chi connectivity index (χ3v) is 4.80. The van der Waals surface area contributed by atoms with Crippen LogP contribution in [0.25, 0.3) is 5.70 Å². The highest BCUT2D eigenvalue weighted by atomic mass is 32.1. The molecule has 0 spiro atoms. The predicted molar refractivity (Wildman–Crippen MR) is 94.6 cm³/mol. The number of nitrogens with zero attached hydrogens (tertiary/aromatic N) is 2. The second kappa shape index (κ2) is 6.07. The number of fused-ring (bicyclic) bond motifs is 2. The lowest BCUT2D eigenvalue weighted by atomic mass is 10.1. The lowest BCUT2D eigenvalue weighted by molar-refractivity contribution is 0.0425. The van der Waals surface area contributed by atoms with Crippen LogP contribution in [0.3, 0.4) is 0 Å². The molecule has 0 amide bonds. The fourth-order valence-electron chi connectivity index (χ4n) is 3.07. The molecule has 1 aliphatic heterocycles. The zero-order chi connectivity index (χ0) is 16.6. The molecule has 0 saturated carbocycles. The van der Waals surface area contributed by atoms with Crippen molar-refractivity contribution < 1.29 is 5.11 Å². The molecule has 0 aliphatic carbocycles. The summed E-state index contributed by atoms with van der Waals surface area (Å²) >= 11 is 1.70. The third-order valence-electron chi connectivity index (χ3n) is 3.89. The number of benzene rings is 1. The number of aliphatic hydroxyl groups is 1. The van der Waals surface area contributed by atoms with E-state index >= 15 is 0 Å². The smallest absolute Gasteiger partial charge is 0.0746 e. The van der Waals surface area contributed by atoms with Gasteiger partial charge >= 0.3 is 0 Å². The summed E-state index contributed by atoms with van der Waals surface area (Å²) in [4.78, 5) is 8.07. The van der Waals surface area contributed by atoms with Crippen molar-refractivity contribution >= 4 is 17.0 Å². The first-order valence-corrected chi connectivity index (χ1v) is 8.62. The summed E-state index contributed by atoms with van der Waals surface area (Å²) in [5, 5.41) is 14.0. The normalized spacial score (nSPS) is 14.2. The largest absolute Gasteiger partial charge is 0.398 e. The topological polar surface area (TPSA) is 61.8 Å². The zero-order valence-electron chi connectivity index (χ0n) is 13.8. The minimum absolute atomic E-state index is 0.618. The Labute approximate surface area is 140 Å². The van der Waals surface area contributed by atoms with E-state index in [2.05, 4.69) is 34.5 Å². The van der Waals surface area contributed by atoms with Gasteiger partial charge in [0.2, 0.25) is 0 Å². The number of hydrogen-bond donors (Lipinski definition) is 2. The minimum Gasteiger partial charge on any atom is -0.398 e. The maximum atomic E-state index is 9.93. The van der Waals surface area contributed by atoms with Gasteiger partial charge in [0, 0.05) is 34.4 Å². The average Bonchev–Trinajstić information content (AvgIpc) is 2.86. The summed E-state index contributed by atoms with van der Waals surface area (Å²) in [7, 11) is 2.01. The van der Waals surface area contributed by atoms with Gasteiger partial charge in [0.1, 0.15) is 0 Å². The van der Waals surface area contributed by atoms with Crippen molar-refractivity contribution in [2.45, 2.75) is 32.5 Å². The van der Waals surface area contributed by atoms with Gasteiger partial charge in [-0.3, -0.25) is 9.89 Å². The molecule has 0 atom stereocenters. The molecule has 0 radical (unpaired) electrons. The van der Waals surface area contributed by atoms with Crippen LogP contribution in [0.1, 0.15) is 29.9 Å². The van der Waals surface area contributed by atoms with Gasteiger partial charge in [-0.1, -0.05) is 12.1 Å². The Kier molecular flexibility index (Phi) is 4.27. The molecule has 122 valence electrons. The molecule has 1 aromatic heterocycles. The Bertz CT molecular complexity index is 833. The number of thiophene rings is 1. The maximum absolute atomic E-state index is 9.93. The van der Waals surface area contributed by atoms with Crippen LogP contribution in [0.2, 0.25) is 0 Å². The van der Waals surface area contributed by atoms with Crippen molar-refractivity contribution in [3.8, 4) is 0 Å². The summed E-state index contributed by atoms with van der Waals surface area (Å²) in [6.45, 7) is 5.72. The van der Waals surface area contributed by atoms with E-state index < -0.39 is 5.60 Å². The van der Waals surface area contributed by atoms with Crippen LogP contribution in [-0.2, 0) is 13.1 Å². The van der Waals surface area contributed by atoms with Crippen LogP contribution >= 0.6 is 11.3 Å². The molecule has 23 heavy (non-hydrogen) atoms. The third kappa shape index (κ3) is 3.63. The first kappa shape index (κ1) is 16.2. The van der Waals surface area contributed by atoms with Gasteiger partial charge in [-0.15, -0.1) is 11.3 Å². The van der Waals surface area contributed by atoms with Crippen molar-refractivity contribution in [3.05, 3.63) is 56.2 Å². The fraction of sp³-hybridized carbons (Fsp3) is 0.389. The highest BCUT2D eigenvalue weighted by Crippen LogP contribution is 2.21. The van der Waals surface area contributed by atoms with E-state index in [0.717, 1.165) is 28.4 Å². The van der Waals surface area contributed by atoms with Crippen LogP contribution in [0, 0.1) is 0 Å². The summed E-state index contributed by atoms with van der Waals surface area (Å²) in [5.41, 5.74) is 8.77. The van der Waals surface area contributed by atoms with Crippen LogP contribution in [0.4, 0.5) is 0 Å². The summed E-state index contributed by atoms with van der Waals surface area (Å²) in [5.74, 6) is 0. The summed E-state index contributed by atoms with van der Waals surface area (Å²) in [6.07, 6.45) is 0. The second-order valence-electron chi connectivity index (χ2n) is 6.82. The highest BCUT2D eigenvalue weighted by Gasteiger charge is 2.16. The van der Waals surface area contributed by atoms with Crippen LogP contribution in [0.5, 0.6) is 0 Å². The molecule has 1 aromatic carbocycles. The predicted octanol–water partition coefficient (Wildman–Crippen LogP) is 1.20. The van der Waals surface area contributed by atoms with E-state index in [9.17, 15) is 5.11 Å². The van der Waals surface area contributed by atoms with Crippen molar-refractivity contribution in [1.82, 2.24) is 4.90 Å². The second-order valence-corrected chi connectivity index (χ2v) is 7.82. The lowest BCUT2D eigenvalue weighted by Gasteiger charge is -2.25.